The third-order valence-corrected chi connectivity index (χ3v) is 6.68. The maximum Gasteiger partial charge on any atom is 0.247 e. The van der Waals surface area contributed by atoms with Crippen molar-refractivity contribution in [2.24, 2.45) is 0 Å². The molecule has 0 saturated carbocycles. The zero-order valence-electron chi connectivity index (χ0n) is 21.4. The van der Waals surface area contributed by atoms with Crippen molar-refractivity contribution in [2.45, 2.75) is 32.6 Å². The summed E-state index contributed by atoms with van der Waals surface area (Å²) in [6.45, 7) is 9.87. The van der Waals surface area contributed by atoms with Crippen LogP contribution in [0.3, 0.4) is 0 Å². The summed E-state index contributed by atoms with van der Waals surface area (Å²) < 4.78 is 7.78. The maximum atomic E-state index is 11.7. The smallest absolute Gasteiger partial charge is 0.247 e. The van der Waals surface area contributed by atoms with Gasteiger partial charge in [0.1, 0.15) is 17.4 Å². The Bertz CT molecular complexity index is 1450. The molecule has 0 aliphatic carbocycles. The van der Waals surface area contributed by atoms with Gasteiger partial charge in [0.2, 0.25) is 11.8 Å². The van der Waals surface area contributed by atoms with Crippen LogP contribution in [0.4, 0.5) is 17.3 Å². The second-order valence-corrected chi connectivity index (χ2v) is 9.44. The summed E-state index contributed by atoms with van der Waals surface area (Å²) >= 11 is 0. The standard InChI is InChI=1S/C28H31N7O2/c1-5-26(36)31-21-7-6-8-22(16-21)37-27-17-24(32-25-9-12-29-35(25)27)33-28-18(2)15-23(19(3)30-28)20-10-13-34(4)14-11-20/h5-9,12,15-17,20H,1,10-11,13-14H2,2-4H3,(H,31,36)(H,30,32,33). The number of rotatable bonds is 7. The monoisotopic (exact) mass is 497 g/mol. The third-order valence-electron chi connectivity index (χ3n) is 6.68. The van der Waals surface area contributed by atoms with Gasteiger partial charge in [-0.1, -0.05) is 18.7 Å². The number of fused-ring (bicyclic) bond motifs is 1. The largest absolute Gasteiger partial charge is 0.439 e. The number of anilines is 3. The fourth-order valence-corrected chi connectivity index (χ4v) is 4.68. The van der Waals surface area contributed by atoms with Crippen LogP contribution in [0.5, 0.6) is 11.6 Å². The molecule has 1 aliphatic rings. The second kappa shape index (κ2) is 10.4. The molecule has 0 unspecified atom stereocenters. The van der Waals surface area contributed by atoms with E-state index in [-0.39, 0.29) is 5.91 Å². The summed E-state index contributed by atoms with van der Waals surface area (Å²) in [4.78, 5) is 23.7. The molecule has 0 atom stereocenters. The average Bonchev–Trinajstić information content (AvgIpc) is 3.36. The number of piperidine rings is 1. The predicted octanol–water partition coefficient (Wildman–Crippen LogP) is 5.21. The van der Waals surface area contributed by atoms with E-state index in [0.717, 1.165) is 43.0 Å². The van der Waals surface area contributed by atoms with E-state index >= 15 is 0 Å². The molecule has 1 amide bonds. The van der Waals surface area contributed by atoms with Gasteiger partial charge in [0.05, 0.1) is 6.20 Å². The van der Waals surface area contributed by atoms with Gasteiger partial charge in [0.25, 0.3) is 0 Å². The molecule has 0 bridgehead atoms. The number of ether oxygens (including phenoxy) is 1. The molecule has 4 heterocycles. The molecule has 190 valence electrons. The molecule has 4 aromatic rings. The van der Waals surface area contributed by atoms with E-state index in [1.54, 1.807) is 35.0 Å². The summed E-state index contributed by atoms with van der Waals surface area (Å²) in [5, 5.41) is 10.5. The fourth-order valence-electron chi connectivity index (χ4n) is 4.68. The van der Waals surface area contributed by atoms with Crippen molar-refractivity contribution >= 4 is 28.9 Å². The average molecular weight is 498 g/mol. The van der Waals surface area contributed by atoms with Gasteiger partial charge in [-0.2, -0.15) is 9.61 Å². The van der Waals surface area contributed by atoms with Crippen molar-refractivity contribution in [2.75, 3.05) is 30.8 Å². The van der Waals surface area contributed by atoms with Gasteiger partial charge >= 0.3 is 0 Å². The lowest BCUT2D eigenvalue weighted by Gasteiger charge is -2.30. The van der Waals surface area contributed by atoms with Crippen LogP contribution in [0.2, 0.25) is 0 Å². The molecule has 37 heavy (non-hydrogen) atoms. The van der Waals surface area contributed by atoms with Gasteiger partial charge in [-0.25, -0.2) is 9.97 Å². The van der Waals surface area contributed by atoms with E-state index in [4.69, 9.17) is 9.72 Å². The summed E-state index contributed by atoms with van der Waals surface area (Å²) in [5.74, 6) is 2.64. The van der Waals surface area contributed by atoms with Gasteiger partial charge in [0, 0.05) is 29.6 Å². The lowest BCUT2D eigenvalue weighted by atomic mass is 9.88. The molecule has 0 radical (unpaired) electrons. The van der Waals surface area contributed by atoms with Crippen molar-refractivity contribution in [1.29, 1.82) is 0 Å². The molecular weight excluding hydrogens is 466 g/mol. The van der Waals surface area contributed by atoms with E-state index in [0.29, 0.717) is 34.7 Å². The molecule has 2 N–H and O–H groups in total. The number of benzene rings is 1. The molecule has 5 rings (SSSR count). The molecular formula is C28H31N7O2. The zero-order valence-corrected chi connectivity index (χ0v) is 21.4. The highest BCUT2D eigenvalue weighted by Gasteiger charge is 2.21. The number of nitrogens with zero attached hydrogens (tertiary/aromatic N) is 5. The van der Waals surface area contributed by atoms with E-state index < -0.39 is 0 Å². The van der Waals surface area contributed by atoms with Gasteiger partial charge in [-0.05, 0) is 82.1 Å². The lowest BCUT2D eigenvalue weighted by molar-refractivity contribution is -0.111. The third kappa shape index (κ3) is 5.46. The number of carbonyl (C=O) groups excluding carboxylic acids is 1. The Morgan fingerprint density at radius 1 is 1.14 bits per heavy atom. The number of hydrogen-bond donors (Lipinski definition) is 2. The Labute approximate surface area is 216 Å². The SMILES string of the molecule is C=CC(=O)Nc1cccc(Oc2cc(Nc3nc(C)c(C4CCN(C)CC4)cc3C)nc3ccnn23)c1. The van der Waals surface area contributed by atoms with Crippen molar-refractivity contribution in [1.82, 2.24) is 24.5 Å². The number of amides is 1. The van der Waals surface area contributed by atoms with E-state index in [1.165, 1.54) is 11.6 Å². The van der Waals surface area contributed by atoms with Crippen LogP contribution < -0.4 is 15.4 Å². The first-order valence-electron chi connectivity index (χ1n) is 12.4. The van der Waals surface area contributed by atoms with E-state index in [9.17, 15) is 4.79 Å². The molecule has 9 heteroatoms. The van der Waals surface area contributed by atoms with E-state index in [2.05, 4.69) is 59.2 Å². The van der Waals surface area contributed by atoms with Crippen LogP contribution in [0, 0.1) is 13.8 Å². The minimum atomic E-state index is -0.290. The van der Waals surface area contributed by atoms with Crippen molar-refractivity contribution in [3.05, 3.63) is 78.1 Å². The van der Waals surface area contributed by atoms with Crippen LogP contribution in [0.15, 0.2) is 61.3 Å². The molecule has 1 saturated heterocycles. The normalized spacial score (nSPS) is 14.5. The summed E-state index contributed by atoms with van der Waals surface area (Å²) in [6.07, 6.45) is 5.21. The number of hydrogen-bond acceptors (Lipinski definition) is 7. The number of nitrogens with one attached hydrogen (secondary N) is 2. The van der Waals surface area contributed by atoms with E-state index in [1.807, 2.05) is 12.1 Å². The first kappa shape index (κ1) is 24.5. The summed E-state index contributed by atoms with van der Waals surface area (Å²) in [7, 11) is 2.18. The minimum absolute atomic E-state index is 0.290. The van der Waals surface area contributed by atoms with Gasteiger partial charge in [-0.3, -0.25) is 4.79 Å². The second-order valence-electron chi connectivity index (χ2n) is 9.44. The molecule has 1 fully saturated rings. The highest BCUT2D eigenvalue weighted by Crippen LogP contribution is 2.33. The quantitative estimate of drug-likeness (QED) is 0.338. The van der Waals surface area contributed by atoms with Crippen LogP contribution in [-0.2, 0) is 4.79 Å². The predicted molar refractivity (Wildman–Crippen MR) is 145 cm³/mol. The summed E-state index contributed by atoms with van der Waals surface area (Å²) in [5.41, 5.74) is 4.69. The van der Waals surface area contributed by atoms with Crippen LogP contribution in [0.25, 0.3) is 5.65 Å². The van der Waals surface area contributed by atoms with Gasteiger partial charge in [-0.15, -0.1) is 0 Å². The summed E-state index contributed by atoms with van der Waals surface area (Å²) in [6, 6.07) is 13.0. The van der Waals surface area contributed by atoms with Crippen molar-refractivity contribution in [3.63, 3.8) is 0 Å². The minimum Gasteiger partial charge on any atom is -0.439 e. The number of aryl methyl sites for hydroxylation is 2. The highest BCUT2D eigenvalue weighted by molar-refractivity contribution is 5.98. The van der Waals surface area contributed by atoms with Gasteiger partial charge < -0.3 is 20.3 Å². The lowest BCUT2D eigenvalue weighted by Crippen LogP contribution is -2.29. The van der Waals surface area contributed by atoms with Crippen LogP contribution in [-0.4, -0.2) is 50.5 Å². The maximum absolute atomic E-state index is 11.7. The Morgan fingerprint density at radius 3 is 2.73 bits per heavy atom. The van der Waals surface area contributed by atoms with Crippen molar-refractivity contribution in [3.8, 4) is 11.6 Å². The Hall–Kier alpha value is -4.24. The molecule has 3 aromatic heterocycles. The van der Waals surface area contributed by atoms with Gasteiger partial charge in [0.15, 0.2) is 5.65 Å². The van der Waals surface area contributed by atoms with Crippen LogP contribution >= 0.6 is 0 Å². The Morgan fingerprint density at radius 2 is 1.95 bits per heavy atom. The fraction of sp³-hybridized carbons (Fsp3) is 0.286. The number of likely N-dealkylation sites (tertiary alicyclic amines) is 1. The van der Waals surface area contributed by atoms with Crippen molar-refractivity contribution < 1.29 is 9.53 Å². The number of carbonyl (C=O) groups is 1. The van der Waals surface area contributed by atoms with Crippen LogP contribution in [0.1, 0.15) is 35.6 Å². The highest BCUT2D eigenvalue weighted by atomic mass is 16.5. The molecule has 0 spiro atoms. The molecule has 1 aromatic carbocycles. The molecule has 1 aliphatic heterocycles. The number of pyridine rings is 1. The topological polar surface area (TPSA) is 96.7 Å². The first-order valence-corrected chi connectivity index (χ1v) is 12.4. The Balaban J connectivity index is 1.41. The number of aromatic nitrogens is 4. The molecule has 9 nitrogen and oxygen atoms in total. The first-order chi connectivity index (χ1) is 17.9. The zero-order chi connectivity index (χ0) is 25.9. The Kier molecular flexibility index (Phi) is 6.87.